The van der Waals surface area contributed by atoms with Crippen LogP contribution < -0.4 is 5.32 Å². The lowest BCUT2D eigenvalue weighted by molar-refractivity contribution is 0.0872. The summed E-state index contributed by atoms with van der Waals surface area (Å²) >= 11 is 9.16. The standard InChI is InChI=1S/C15H18BrClFNO/c1-10-4-6-15(9-17,7-5-10)19-14(20)11-2-3-12(16)13(18)8-11/h2-3,8,10H,4-7,9H2,1H3,(H,19,20). The van der Waals surface area contributed by atoms with E-state index < -0.39 is 5.82 Å². The van der Waals surface area contributed by atoms with E-state index in [0.717, 1.165) is 25.7 Å². The molecule has 0 aliphatic heterocycles. The maximum absolute atomic E-state index is 13.5. The third-order valence-corrected chi connectivity index (χ3v) is 5.20. The van der Waals surface area contributed by atoms with Gasteiger partial charge in [-0.15, -0.1) is 11.6 Å². The van der Waals surface area contributed by atoms with Crippen LogP contribution in [-0.4, -0.2) is 17.3 Å². The van der Waals surface area contributed by atoms with Gasteiger partial charge in [0.1, 0.15) is 5.82 Å². The van der Waals surface area contributed by atoms with E-state index in [1.54, 1.807) is 12.1 Å². The summed E-state index contributed by atoms with van der Waals surface area (Å²) in [6, 6.07) is 4.39. The Labute approximate surface area is 132 Å². The number of alkyl halides is 1. The summed E-state index contributed by atoms with van der Waals surface area (Å²) in [6.45, 7) is 2.21. The predicted molar refractivity (Wildman–Crippen MR) is 82.6 cm³/mol. The number of carbonyl (C=O) groups excluding carboxylic acids is 1. The summed E-state index contributed by atoms with van der Waals surface area (Å²) in [5.41, 5.74) is -0.0249. The molecule has 2 nitrogen and oxygen atoms in total. The second-order valence-corrected chi connectivity index (χ2v) is 6.80. The van der Waals surface area contributed by atoms with E-state index in [-0.39, 0.29) is 11.4 Å². The van der Waals surface area contributed by atoms with Crippen LogP contribution in [0.2, 0.25) is 0 Å². The minimum atomic E-state index is -0.435. The number of carbonyl (C=O) groups is 1. The van der Waals surface area contributed by atoms with Crippen molar-refractivity contribution in [2.24, 2.45) is 5.92 Å². The van der Waals surface area contributed by atoms with Gasteiger partial charge in [0.15, 0.2) is 0 Å². The van der Waals surface area contributed by atoms with Gasteiger partial charge in [0.05, 0.1) is 10.0 Å². The largest absolute Gasteiger partial charge is 0.345 e. The quantitative estimate of drug-likeness (QED) is 0.788. The van der Waals surface area contributed by atoms with Gasteiger partial charge in [-0.1, -0.05) is 6.92 Å². The van der Waals surface area contributed by atoms with E-state index in [0.29, 0.717) is 21.8 Å². The Morgan fingerprint density at radius 1 is 1.50 bits per heavy atom. The fourth-order valence-electron chi connectivity index (χ4n) is 2.56. The molecule has 1 aliphatic rings. The van der Waals surface area contributed by atoms with Crippen LogP contribution in [0.5, 0.6) is 0 Å². The van der Waals surface area contributed by atoms with Gasteiger partial charge in [0.25, 0.3) is 5.91 Å². The van der Waals surface area contributed by atoms with Crippen LogP contribution in [0.25, 0.3) is 0 Å². The first-order chi connectivity index (χ1) is 9.46. The van der Waals surface area contributed by atoms with Crippen LogP contribution in [0.3, 0.4) is 0 Å². The van der Waals surface area contributed by atoms with E-state index in [1.165, 1.54) is 6.07 Å². The SMILES string of the molecule is CC1CCC(CCl)(NC(=O)c2ccc(Br)c(F)c2)CC1. The molecule has 0 saturated heterocycles. The predicted octanol–water partition coefficient (Wildman–Crippen LogP) is 4.51. The summed E-state index contributed by atoms with van der Waals surface area (Å²) in [7, 11) is 0. The highest BCUT2D eigenvalue weighted by Crippen LogP contribution is 2.33. The van der Waals surface area contributed by atoms with Crippen molar-refractivity contribution in [3.8, 4) is 0 Å². The molecule has 110 valence electrons. The van der Waals surface area contributed by atoms with Crippen LogP contribution in [0.15, 0.2) is 22.7 Å². The Kier molecular flexibility index (Phi) is 5.08. The maximum Gasteiger partial charge on any atom is 0.251 e. The molecule has 0 radical (unpaired) electrons. The lowest BCUT2D eigenvalue weighted by Gasteiger charge is -2.38. The average molecular weight is 363 g/mol. The smallest absolute Gasteiger partial charge is 0.251 e. The second-order valence-electron chi connectivity index (χ2n) is 5.68. The van der Waals surface area contributed by atoms with Crippen molar-refractivity contribution < 1.29 is 9.18 Å². The summed E-state index contributed by atoms with van der Waals surface area (Å²) in [5.74, 6) is 0.375. The summed E-state index contributed by atoms with van der Waals surface area (Å²) in [6.07, 6.45) is 3.87. The highest BCUT2D eigenvalue weighted by atomic mass is 79.9. The van der Waals surface area contributed by atoms with Crippen LogP contribution >= 0.6 is 27.5 Å². The Hall–Kier alpha value is -0.610. The summed E-state index contributed by atoms with van der Waals surface area (Å²) in [4.78, 5) is 12.3. The third kappa shape index (κ3) is 3.53. The Bertz CT molecular complexity index is 501. The lowest BCUT2D eigenvalue weighted by Crippen LogP contribution is -2.52. The summed E-state index contributed by atoms with van der Waals surface area (Å²) in [5, 5.41) is 3.01. The molecule has 2 rings (SSSR count). The zero-order valence-corrected chi connectivity index (χ0v) is 13.7. The van der Waals surface area contributed by atoms with Gasteiger partial charge in [-0.05, 0) is 65.7 Å². The van der Waals surface area contributed by atoms with E-state index in [1.807, 2.05) is 0 Å². The van der Waals surface area contributed by atoms with Crippen molar-refractivity contribution in [3.05, 3.63) is 34.1 Å². The van der Waals surface area contributed by atoms with Gasteiger partial charge < -0.3 is 5.32 Å². The molecule has 20 heavy (non-hydrogen) atoms. The molecule has 1 aromatic rings. The number of amides is 1. The molecule has 0 bridgehead atoms. The van der Waals surface area contributed by atoms with Crippen molar-refractivity contribution in [2.75, 3.05) is 5.88 Å². The highest BCUT2D eigenvalue weighted by Gasteiger charge is 2.35. The molecule has 1 fully saturated rings. The molecule has 5 heteroatoms. The Morgan fingerprint density at radius 2 is 2.15 bits per heavy atom. The molecule has 1 amide bonds. The van der Waals surface area contributed by atoms with Crippen LogP contribution in [0.4, 0.5) is 4.39 Å². The van der Waals surface area contributed by atoms with E-state index in [4.69, 9.17) is 11.6 Å². The monoisotopic (exact) mass is 361 g/mol. The molecule has 1 aromatic carbocycles. The molecule has 1 N–H and O–H groups in total. The van der Waals surface area contributed by atoms with Crippen molar-refractivity contribution in [3.63, 3.8) is 0 Å². The summed E-state index contributed by atoms with van der Waals surface area (Å²) < 4.78 is 13.8. The van der Waals surface area contributed by atoms with Crippen LogP contribution in [-0.2, 0) is 0 Å². The third-order valence-electron chi connectivity index (χ3n) is 4.05. The van der Waals surface area contributed by atoms with Gasteiger partial charge in [0, 0.05) is 11.4 Å². The van der Waals surface area contributed by atoms with E-state index in [9.17, 15) is 9.18 Å². The average Bonchev–Trinajstić information content (AvgIpc) is 2.44. The number of halogens is 3. The Morgan fingerprint density at radius 3 is 2.70 bits per heavy atom. The minimum absolute atomic E-state index is 0.258. The highest BCUT2D eigenvalue weighted by molar-refractivity contribution is 9.10. The maximum atomic E-state index is 13.5. The zero-order valence-electron chi connectivity index (χ0n) is 11.4. The number of hydrogen-bond donors (Lipinski definition) is 1. The number of nitrogens with one attached hydrogen (secondary N) is 1. The topological polar surface area (TPSA) is 29.1 Å². The molecule has 0 aromatic heterocycles. The second kappa shape index (κ2) is 6.44. The van der Waals surface area contributed by atoms with Crippen molar-refractivity contribution in [2.45, 2.75) is 38.1 Å². The van der Waals surface area contributed by atoms with Crippen molar-refractivity contribution >= 4 is 33.4 Å². The molecular weight excluding hydrogens is 345 g/mol. The number of hydrogen-bond acceptors (Lipinski definition) is 1. The molecule has 1 saturated carbocycles. The van der Waals surface area contributed by atoms with Crippen molar-refractivity contribution in [1.82, 2.24) is 5.32 Å². The number of rotatable bonds is 3. The van der Waals surface area contributed by atoms with E-state index in [2.05, 4.69) is 28.2 Å². The van der Waals surface area contributed by atoms with Crippen LogP contribution in [0, 0.1) is 11.7 Å². The van der Waals surface area contributed by atoms with Crippen LogP contribution in [0.1, 0.15) is 43.0 Å². The fraction of sp³-hybridized carbons (Fsp3) is 0.533. The lowest BCUT2D eigenvalue weighted by atomic mass is 9.78. The fourth-order valence-corrected chi connectivity index (χ4v) is 3.14. The van der Waals surface area contributed by atoms with Gasteiger partial charge in [-0.3, -0.25) is 4.79 Å². The minimum Gasteiger partial charge on any atom is -0.345 e. The zero-order chi connectivity index (χ0) is 14.8. The first kappa shape index (κ1) is 15.8. The number of benzene rings is 1. The van der Waals surface area contributed by atoms with Gasteiger partial charge in [0.2, 0.25) is 0 Å². The first-order valence-corrected chi connectivity index (χ1v) is 8.12. The molecule has 0 heterocycles. The first-order valence-electron chi connectivity index (χ1n) is 6.79. The molecular formula is C15H18BrClFNO. The van der Waals surface area contributed by atoms with E-state index >= 15 is 0 Å². The van der Waals surface area contributed by atoms with Gasteiger partial charge in [-0.25, -0.2) is 4.39 Å². The van der Waals surface area contributed by atoms with Crippen molar-refractivity contribution in [1.29, 1.82) is 0 Å². The molecule has 1 aliphatic carbocycles. The Balaban J connectivity index is 2.11. The van der Waals surface area contributed by atoms with Gasteiger partial charge in [-0.2, -0.15) is 0 Å². The molecule has 0 unspecified atom stereocenters. The molecule has 0 atom stereocenters. The van der Waals surface area contributed by atoms with Gasteiger partial charge >= 0.3 is 0 Å². The normalized spacial score (nSPS) is 26.3. The molecule has 0 spiro atoms.